The van der Waals surface area contributed by atoms with E-state index < -0.39 is 11.4 Å². The first kappa shape index (κ1) is 12.3. The lowest BCUT2D eigenvalue weighted by Crippen LogP contribution is -2.45. The number of carboxylic acid groups (broad SMARTS) is 1. The number of aliphatic carboxylic acids is 1. The van der Waals surface area contributed by atoms with Gasteiger partial charge in [0.1, 0.15) is 0 Å². The molecule has 1 aromatic rings. The SMILES string of the molecule is CC1(C(=O)O)CCN(C(=O)c2nonc2N)CC1. The average Bonchev–Trinajstić information content (AvgIpc) is 2.75. The Morgan fingerprint density at radius 1 is 1.39 bits per heavy atom. The summed E-state index contributed by atoms with van der Waals surface area (Å²) in [5.74, 6) is -1.26. The van der Waals surface area contributed by atoms with Gasteiger partial charge in [0.15, 0.2) is 0 Å². The number of nitrogens with zero attached hydrogens (tertiary/aromatic N) is 3. The zero-order chi connectivity index (χ0) is 13.3. The summed E-state index contributed by atoms with van der Waals surface area (Å²) < 4.78 is 4.37. The molecular weight excluding hydrogens is 240 g/mol. The van der Waals surface area contributed by atoms with Gasteiger partial charge in [-0.1, -0.05) is 0 Å². The number of nitrogen functional groups attached to an aromatic ring is 1. The molecule has 3 N–H and O–H groups in total. The highest BCUT2D eigenvalue weighted by Crippen LogP contribution is 2.31. The van der Waals surface area contributed by atoms with Crippen molar-refractivity contribution in [1.29, 1.82) is 0 Å². The van der Waals surface area contributed by atoms with Gasteiger partial charge < -0.3 is 15.7 Å². The Hall–Kier alpha value is -2.12. The molecule has 0 saturated carbocycles. The van der Waals surface area contributed by atoms with Crippen molar-refractivity contribution < 1.29 is 19.3 Å². The van der Waals surface area contributed by atoms with E-state index >= 15 is 0 Å². The van der Waals surface area contributed by atoms with E-state index in [0.717, 1.165) is 0 Å². The van der Waals surface area contributed by atoms with Crippen molar-refractivity contribution in [3.8, 4) is 0 Å². The normalized spacial score (nSPS) is 18.6. The highest BCUT2D eigenvalue weighted by molar-refractivity contribution is 5.96. The smallest absolute Gasteiger partial charge is 0.309 e. The standard InChI is InChI=1S/C10H14N4O4/c1-10(9(16)17)2-4-14(5-3-10)8(15)6-7(11)13-18-12-6/h2-5H2,1H3,(H2,11,13)(H,16,17). The number of nitrogens with two attached hydrogens (primary N) is 1. The topological polar surface area (TPSA) is 123 Å². The molecular formula is C10H14N4O4. The molecule has 1 amide bonds. The maximum Gasteiger partial charge on any atom is 0.309 e. The zero-order valence-electron chi connectivity index (χ0n) is 9.92. The summed E-state index contributed by atoms with van der Waals surface area (Å²) in [7, 11) is 0. The number of aromatic nitrogens is 2. The van der Waals surface area contributed by atoms with Gasteiger partial charge in [0.05, 0.1) is 5.41 Å². The lowest BCUT2D eigenvalue weighted by atomic mass is 9.80. The van der Waals surface area contributed by atoms with E-state index in [9.17, 15) is 9.59 Å². The quantitative estimate of drug-likeness (QED) is 0.760. The van der Waals surface area contributed by atoms with E-state index in [1.807, 2.05) is 0 Å². The first-order chi connectivity index (χ1) is 8.44. The van der Waals surface area contributed by atoms with Crippen LogP contribution in [0.3, 0.4) is 0 Å². The molecule has 98 valence electrons. The molecule has 2 heterocycles. The van der Waals surface area contributed by atoms with Crippen molar-refractivity contribution in [2.75, 3.05) is 18.8 Å². The number of anilines is 1. The van der Waals surface area contributed by atoms with Crippen molar-refractivity contribution in [3.63, 3.8) is 0 Å². The van der Waals surface area contributed by atoms with Crippen LogP contribution in [0.4, 0.5) is 5.82 Å². The van der Waals surface area contributed by atoms with Gasteiger partial charge in [-0.3, -0.25) is 9.59 Å². The molecule has 8 heteroatoms. The molecule has 1 aliphatic heterocycles. The first-order valence-electron chi connectivity index (χ1n) is 5.55. The van der Waals surface area contributed by atoms with Gasteiger partial charge in [0.2, 0.25) is 11.5 Å². The van der Waals surface area contributed by atoms with Gasteiger partial charge >= 0.3 is 5.97 Å². The minimum atomic E-state index is -0.836. The second-order valence-electron chi connectivity index (χ2n) is 4.66. The van der Waals surface area contributed by atoms with Crippen LogP contribution in [0.2, 0.25) is 0 Å². The fraction of sp³-hybridized carbons (Fsp3) is 0.600. The average molecular weight is 254 g/mol. The summed E-state index contributed by atoms with van der Waals surface area (Å²) >= 11 is 0. The van der Waals surface area contributed by atoms with Gasteiger partial charge in [-0.25, -0.2) is 4.63 Å². The lowest BCUT2D eigenvalue weighted by Gasteiger charge is -2.35. The van der Waals surface area contributed by atoms with Crippen molar-refractivity contribution in [1.82, 2.24) is 15.2 Å². The Morgan fingerprint density at radius 2 is 2.00 bits per heavy atom. The largest absolute Gasteiger partial charge is 0.481 e. The Morgan fingerprint density at radius 3 is 2.44 bits per heavy atom. The molecule has 0 aromatic carbocycles. The van der Waals surface area contributed by atoms with Gasteiger partial charge in [-0.15, -0.1) is 0 Å². The summed E-state index contributed by atoms with van der Waals surface area (Å²) in [6.45, 7) is 2.39. The third-order valence-corrected chi connectivity index (χ3v) is 3.39. The minimum absolute atomic E-state index is 0.0195. The van der Waals surface area contributed by atoms with Crippen molar-refractivity contribution in [2.45, 2.75) is 19.8 Å². The van der Waals surface area contributed by atoms with Crippen molar-refractivity contribution in [2.24, 2.45) is 5.41 Å². The third kappa shape index (κ3) is 2.01. The van der Waals surface area contributed by atoms with Gasteiger partial charge in [0.25, 0.3) is 5.91 Å². The number of carbonyl (C=O) groups excluding carboxylic acids is 1. The monoisotopic (exact) mass is 254 g/mol. The van der Waals surface area contributed by atoms with Crippen LogP contribution in [0.1, 0.15) is 30.3 Å². The molecule has 8 nitrogen and oxygen atoms in total. The molecule has 0 bridgehead atoms. The number of carboxylic acids is 1. The maximum atomic E-state index is 12.0. The summed E-state index contributed by atoms with van der Waals surface area (Å²) in [6, 6.07) is 0. The number of hydrogen-bond acceptors (Lipinski definition) is 6. The molecule has 1 aromatic heterocycles. The number of amides is 1. The highest BCUT2D eigenvalue weighted by Gasteiger charge is 2.38. The van der Waals surface area contributed by atoms with Crippen LogP contribution < -0.4 is 5.73 Å². The summed E-state index contributed by atoms with van der Waals surface area (Å²) in [5.41, 5.74) is 4.65. The zero-order valence-corrected chi connectivity index (χ0v) is 9.92. The number of carbonyl (C=O) groups is 2. The third-order valence-electron chi connectivity index (χ3n) is 3.39. The maximum absolute atomic E-state index is 12.0. The minimum Gasteiger partial charge on any atom is -0.481 e. The second-order valence-corrected chi connectivity index (χ2v) is 4.66. The predicted octanol–water partition coefficient (Wildman–Crippen LogP) is -0.0213. The summed E-state index contributed by atoms with van der Waals surface area (Å²) in [6.07, 6.45) is 0.804. The number of likely N-dealkylation sites (tertiary alicyclic amines) is 1. The first-order valence-corrected chi connectivity index (χ1v) is 5.55. The lowest BCUT2D eigenvalue weighted by molar-refractivity contribution is -0.150. The second kappa shape index (κ2) is 4.28. The van der Waals surface area contributed by atoms with Crippen molar-refractivity contribution in [3.05, 3.63) is 5.69 Å². The summed E-state index contributed by atoms with van der Waals surface area (Å²) in [5, 5.41) is 15.9. The molecule has 0 aliphatic carbocycles. The van der Waals surface area contributed by atoms with E-state index in [4.69, 9.17) is 10.8 Å². The fourth-order valence-corrected chi connectivity index (χ4v) is 1.91. The van der Waals surface area contributed by atoms with Crippen LogP contribution in [0.25, 0.3) is 0 Å². The molecule has 18 heavy (non-hydrogen) atoms. The molecule has 0 atom stereocenters. The van der Waals surface area contributed by atoms with Crippen LogP contribution in [0.5, 0.6) is 0 Å². The molecule has 2 rings (SSSR count). The van der Waals surface area contributed by atoms with Crippen LogP contribution in [-0.4, -0.2) is 45.3 Å². The van der Waals surface area contributed by atoms with E-state index in [1.165, 1.54) is 4.90 Å². The van der Waals surface area contributed by atoms with Crippen LogP contribution in [0.15, 0.2) is 4.63 Å². The van der Waals surface area contributed by atoms with Crippen LogP contribution >= 0.6 is 0 Å². The highest BCUT2D eigenvalue weighted by atomic mass is 16.6. The Bertz CT molecular complexity index is 476. The van der Waals surface area contributed by atoms with E-state index in [1.54, 1.807) is 6.92 Å². The van der Waals surface area contributed by atoms with Crippen LogP contribution in [0, 0.1) is 5.41 Å². The molecule has 0 spiro atoms. The van der Waals surface area contributed by atoms with E-state index in [-0.39, 0.29) is 17.4 Å². The number of rotatable bonds is 2. The molecule has 1 saturated heterocycles. The van der Waals surface area contributed by atoms with Crippen LogP contribution in [-0.2, 0) is 4.79 Å². The number of hydrogen-bond donors (Lipinski definition) is 2. The van der Waals surface area contributed by atoms with Crippen molar-refractivity contribution >= 4 is 17.7 Å². The summed E-state index contributed by atoms with van der Waals surface area (Å²) in [4.78, 5) is 24.6. The predicted molar refractivity (Wildman–Crippen MR) is 59.6 cm³/mol. The molecule has 0 unspecified atom stereocenters. The Labute approximate surface area is 103 Å². The molecule has 0 radical (unpaired) electrons. The Kier molecular flexibility index (Phi) is 2.93. The fourth-order valence-electron chi connectivity index (χ4n) is 1.91. The van der Waals surface area contributed by atoms with Gasteiger partial charge in [-0.05, 0) is 30.1 Å². The number of piperidine rings is 1. The van der Waals surface area contributed by atoms with E-state index in [0.29, 0.717) is 25.9 Å². The van der Waals surface area contributed by atoms with Gasteiger partial charge in [0, 0.05) is 13.1 Å². The van der Waals surface area contributed by atoms with Gasteiger partial charge in [-0.2, -0.15) is 0 Å². The van der Waals surface area contributed by atoms with E-state index in [2.05, 4.69) is 14.9 Å². The molecule has 1 fully saturated rings. The molecule has 1 aliphatic rings. The Balaban J connectivity index is 2.05.